The van der Waals surface area contributed by atoms with E-state index in [1.54, 1.807) is 6.92 Å². The lowest BCUT2D eigenvalue weighted by molar-refractivity contribution is -0.137. The van der Waals surface area contributed by atoms with Crippen molar-refractivity contribution < 1.29 is 29.1 Å². The van der Waals surface area contributed by atoms with Crippen LogP contribution in [-0.4, -0.2) is 65.9 Å². The van der Waals surface area contributed by atoms with Crippen LogP contribution >= 0.6 is 0 Å². The van der Waals surface area contributed by atoms with Gasteiger partial charge in [0, 0.05) is 44.8 Å². The molecule has 42 heavy (non-hydrogen) atoms. The zero-order valence-corrected chi connectivity index (χ0v) is 26.4. The number of carbonyl (C=O) groups excluding carboxylic acids is 4. The van der Waals surface area contributed by atoms with Gasteiger partial charge in [-0.05, 0) is 32.7 Å². The van der Waals surface area contributed by atoms with Gasteiger partial charge in [0.05, 0.1) is 12.5 Å². The smallest absolute Gasteiger partial charge is 0.305 e. The standard InChI is InChI=1S/C31H59N5O6/c1-4-5-6-7-8-9-10-11-12-13-14-18-28(38)33-23-27(35-25(3)37)22-30(40)36-26(17-15-16-19-32)21-29(39)34-24(2)20-31(41)42/h24,26-27H,4-23,32H2,1-3H3,(H,33,38)(H,34,39)(H,35,37)(H,36,40)(H,41,42). The van der Waals surface area contributed by atoms with Crippen molar-refractivity contribution in [3.05, 3.63) is 0 Å². The minimum atomic E-state index is -1.01. The van der Waals surface area contributed by atoms with Crippen LogP contribution in [0.5, 0.6) is 0 Å². The Morgan fingerprint density at radius 2 is 1.21 bits per heavy atom. The van der Waals surface area contributed by atoms with E-state index < -0.39 is 24.1 Å². The van der Waals surface area contributed by atoms with Crippen LogP contribution in [0.3, 0.4) is 0 Å². The molecule has 11 heteroatoms. The normalized spacial score (nSPS) is 13.0. The molecule has 0 heterocycles. The minimum Gasteiger partial charge on any atom is -0.481 e. The van der Waals surface area contributed by atoms with Crippen molar-refractivity contribution in [2.45, 2.75) is 154 Å². The molecule has 4 amide bonds. The fourth-order valence-electron chi connectivity index (χ4n) is 4.88. The van der Waals surface area contributed by atoms with Gasteiger partial charge in [-0.25, -0.2) is 0 Å². The Kier molecular flexibility index (Phi) is 24.3. The zero-order chi connectivity index (χ0) is 31.6. The Hall–Kier alpha value is -2.69. The number of nitrogens with one attached hydrogen (secondary N) is 4. The topological polar surface area (TPSA) is 180 Å². The summed E-state index contributed by atoms with van der Waals surface area (Å²) in [4.78, 5) is 60.2. The lowest BCUT2D eigenvalue weighted by Gasteiger charge is -2.22. The first-order valence-electron chi connectivity index (χ1n) is 16.1. The molecule has 0 radical (unpaired) electrons. The number of amides is 4. The third-order valence-electron chi connectivity index (χ3n) is 7.08. The molecule has 0 spiro atoms. The van der Waals surface area contributed by atoms with E-state index in [0.717, 1.165) is 25.7 Å². The van der Waals surface area contributed by atoms with Crippen LogP contribution < -0.4 is 27.0 Å². The number of carboxylic acids is 1. The molecule has 11 nitrogen and oxygen atoms in total. The van der Waals surface area contributed by atoms with Crippen LogP contribution in [-0.2, 0) is 24.0 Å². The first kappa shape index (κ1) is 39.3. The largest absolute Gasteiger partial charge is 0.481 e. The van der Waals surface area contributed by atoms with Crippen molar-refractivity contribution in [1.29, 1.82) is 0 Å². The highest BCUT2D eigenvalue weighted by Crippen LogP contribution is 2.12. The van der Waals surface area contributed by atoms with Gasteiger partial charge in [0.15, 0.2) is 0 Å². The zero-order valence-electron chi connectivity index (χ0n) is 26.4. The van der Waals surface area contributed by atoms with Gasteiger partial charge in [0.2, 0.25) is 23.6 Å². The second-order valence-electron chi connectivity index (χ2n) is 11.5. The lowest BCUT2D eigenvalue weighted by atomic mass is 10.0. The molecule has 0 aliphatic rings. The number of hydrogen-bond acceptors (Lipinski definition) is 6. The summed E-state index contributed by atoms with van der Waals surface area (Å²) < 4.78 is 0. The van der Waals surface area contributed by atoms with Crippen LogP contribution in [0, 0.1) is 0 Å². The van der Waals surface area contributed by atoms with Gasteiger partial charge in [-0.1, -0.05) is 77.6 Å². The van der Waals surface area contributed by atoms with Crippen LogP contribution in [0.4, 0.5) is 0 Å². The Bertz CT molecular complexity index is 779. The second kappa shape index (κ2) is 26.0. The minimum absolute atomic E-state index is 0.000763. The fraction of sp³-hybridized carbons (Fsp3) is 0.839. The molecule has 7 N–H and O–H groups in total. The molecule has 0 aliphatic carbocycles. The first-order chi connectivity index (χ1) is 20.1. The van der Waals surface area contributed by atoms with Crippen LogP contribution in [0.1, 0.15) is 136 Å². The number of carbonyl (C=O) groups is 5. The molecular formula is C31H59N5O6. The van der Waals surface area contributed by atoms with E-state index in [-0.39, 0.29) is 49.4 Å². The summed E-state index contributed by atoms with van der Waals surface area (Å²) in [6.45, 7) is 5.82. The first-order valence-corrected chi connectivity index (χ1v) is 16.1. The van der Waals surface area contributed by atoms with Gasteiger partial charge in [-0.2, -0.15) is 0 Å². The third kappa shape index (κ3) is 25.1. The Morgan fingerprint density at radius 3 is 1.76 bits per heavy atom. The van der Waals surface area contributed by atoms with Gasteiger partial charge in [-0.15, -0.1) is 0 Å². The van der Waals surface area contributed by atoms with E-state index in [9.17, 15) is 24.0 Å². The molecular weight excluding hydrogens is 538 g/mol. The highest BCUT2D eigenvalue weighted by molar-refractivity contribution is 5.82. The summed E-state index contributed by atoms with van der Waals surface area (Å²) in [7, 11) is 0. The maximum Gasteiger partial charge on any atom is 0.305 e. The lowest BCUT2D eigenvalue weighted by Crippen LogP contribution is -2.47. The average molecular weight is 598 g/mol. The summed E-state index contributed by atoms with van der Waals surface area (Å²) in [6, 6.07) is -1.58. The van der Waals surface area contributed by atoms with Crippen molar-refractivity contribution in [1.82, 2.24) is 21.3 Å². The van der Waals surface area contributed by atoms with Crippen molar-refractivity contribution in [3.8, 4) is 0 Å². The number of nitrogens with two attached hydrogens (primary N) is 1. The van der Waals surface area contributed by atoms with Crippen LogP contribution in [0.2, 0.25) is 0 Å². The number of rotatable bonds is 27. The molecule has 0 aliphatic heterocycles. The number of unbranched alkanes of at least 4 members (excludes halogenated alkanes) is 11. The summed E-state index contributed by atoms with van der Waals surface area (Å²) in [5.74, 6) is -2.12. The van der Waals surface area contributed by atoms with E-state index >= 15 is 0 Å². The quantitative estimate of drug-likeness (QED) is 0.0781. The van der Waals surface area contributed by atoms with E-state index in [1.807, 2.05) is 0 Å². The predicted molar refractivity (Wildman–Crippen MR) is 166 cm³/mol. The molecule has 3 atom stereocenters. The molecule has 0 aromatic carbocycles. The average Bonchev–Trinajstić information content (AvgIpc) is 2.89. The van der Waals surface area contributed by atoms with E-state index in [1.165, 1.54) is 58.3 Å². The maximum absolute atomic E-state index is 12.8. The van der Waals surface area contributed by atoms with E-state index in [0.29, 0.717) is 25.8 Å². The predicted octanol–water partition coefficient (Wildman–Crippen LogP) is 3.68. The fourth-order valence-corrected chi connectivity index (χ4v) is 4.88. The van der Waals surface area contributed by atoms with Crippen LogP contribution in [0.15, 0.2) is 0 Å². The number of aliphatic carboxylic acids is 1. The monoisotopic (exact) mass is 597 g/mol. The van der Waals surface area contributed by atoms with Gasteiger partial charge in [0.1, 0.15) is 0 Å². The highest BCUT2D eigenvalue weighted by Gasteiger charge is 2.21. The van der Waals surface area contributed by atoms with Crippen molar-refractivity contribution in [2.75, 3.05) is 13.1 Å². The van der Waals surface area contributed by atoms with E-state index in [2.05, 4.69) is 28.2 Å². The summed E-state index contributed by atoms with van der Waals surface area (Å²) in [6.07, 6.45) is 15.4. The molecule has 244 valence electrons. The molecule has 0 aromatic heterocycles. The molecule has 0 rings (SSSR count). The van der Waals surface area contributed by atoms with E-state index in [4.69, 9.17) is 10.8 Å². The third-order valence-corrected chi connectivity index (χ3v) is 7.08. The Morgan fingerprint density at radius 1 is 0.667 bits per heavy atom. The maximum atomic E-state index is 12.8. The van der Waals surface area contributed by atoms with Crippen molar-refractivity contribution in [2.24, 2.45) is 5.73 Å². The number of hydrogen-bond donors (Lipinski definition) is 6. The summed E-state index contributed by atoms with van der Waals surface area (Å²) in [5, 5.41) is 20.0. The van der Waals surface area contributed by atoms with Gasteiger partial charge < -0.3 is 32.1 Å². The van der Waals surface area contributed by atoms with Crippen molar-refractivity contribution in [3.63, 3.8) is 0 Å². The summed E-state index contributed by atoms with van der Waals surface area (Å²) >= 11 is 0. The molecule has 0 bridgehead atoms. The summed E-state index contributed by atoms with van der Waals surface area (Å²) in [5.41, 5.74) is 5.58. The Labute approximate surface area is 253 Å². The molecule has 0 saturated carbocycles. The second-order valence-corrected chi connectivity index (χ2v) is 11.5. The molecule has 0 saturated heterocycles. The van der Waals surface area contributed by atoms with Gasteiger partial charge in [-0.3, -0.25) is 24.0 Å². The molecule has 0 fully saturated rings. The van der Waals surface area contributed by atoms with Crippen molar-refractivity contribution >= 4 is 29.6 Å². The molecule has 0 aromatic rings. The highest BCUT2D eigenvalue weighted by atomic mass is 16.4. The van der Waals surface area contributed by atoms with Gasteiger partial charge >= 0.3 is 5.97 Å². The number of carboxylic acid groups (broad SMARTS) is 1. The van der Waals surface area contributed by atoms with Crippen LogP contribution in [0.25, 0.3) is 0 Å². The molecule has 3 unspecified atom stereocenters. The Balaban J connectivity index is 4.55. The van der Waals surface area contributed by atoms with Gasteiger partial charge in [0.25, 0.3) is 0 Å². The SMILES string of the molecule is CCCCCCCCCCCCCC(=O)NCC(CC(=O)NC(CCCCN)CC(=O)NC(C)CC(=O)O)NC(C)=O.